The molecule has 0 amide bonds. The molecule has 0 radical (unpaired) electrons. The molecule has 1 rings (SSSR count). The molecule has 0 bridgehead atoms. The van der Waals surface area contributed by atoms with Crippen molar-refractivity contribution in [3.63, 3.8) is 0 Å². The van der Waals surface area contributed by atoms with Crippen LogP contribution in [0.3, 0.4) is 0 Å². The highest BCUT2D eigenvalue weighted by molar-refractivity contribution is 14.1. The SMILES string of the molecule is FC1(F)C(F)(F)C(F)(I)C1(F)F.I. The molecular formula is C4HF7I2. The van der Waals surface area contributed by atoms with Gasteiger partial charge in [0.15, 0.2) is 0 Å². The minimum atomic E-state index is -5.60. The molecule has 9 heteroatoms. The van der Waals surface area contributed by atoms with Crippen molar-refractivity contribution >= 4 is 46.6 Å². The fourth-order valence-electron chi connectivity index (χ4n) is 0.726. The average molecular weight is 436 g/mol. The maximum Gasteiger partial charge on any atom is 0.380 e. The van der Waals surface area contributed by atoms with Gasteiger partial charge in [0.05, 0.1) is 0 Å². The lowest BCUT2D eigenvalue weighted by Gasteiger charge is -2.51. The summed E-state index contributed by atoms with van der Waals surface area (Å²) >= 11 is -0.00852. The Morgan fingerprint density at radius 2 is 0.846 bits per heavy atom. The Labute approximate surface area is 98.4 Å². The lowest BCUT2D eigenvalue weighted by molar-refractivity contribution is -0.438. The summed E-state index contributed by atoms with van der Waals surface area (Å²) in [4.78, 5) is 0. The summed E-state index contributed by atoms with van der Waals surface area (Å²) in [5.41, 5.74) is 0. The Kier molecular flexibility index (Phi) is 3.20. The normalized spacial score (nSPS) is 31.4. The minimum Gasteiger partial charge on any atom is -0.218 e. The van der Waals surface area contributed by atoms with Crippen molar-refractivity contribution in [2.24, 2.45) is 0 Å². The maximum absolute atomic E-state index is 12.3. The molecule has 13 heavy (non-hydrogen) atoms. The van der Waals surface area contributed by atoms with E-state index in [1.54, 1.807) is 0 Å². The van der Waals surface area contributed by atoms with Crippen LogP contribution in [-0.4, -0.2) is 21.4 Å². The zero-order chi connectivity index (χ0) is 10.0. The van der Waals surface area contributed by atoms with Crippen LogP contribution >= 0.6 is 46.6 Å². The Morgan fingerprint density at radius 1 is 0.615 bits per heavy atom. The van der Waals surface area contributed by atoms with E-state index in [9.17, 15) is 30.7 Å². The topological polar surface area (TPSA) is 0 Å². The first kappa shape index (κ1) is 14.0. The van der Waals surface area contributed by atoms with Gasteiger partial charge in [0, 0.05) is 0 Å². The van der Waals surface area contributed by atoms with E-state index in [4.69, 9.17) is 0 Å². The maximum atomic E-state index is 12.3. The van der Waals surface area contributed by atoms with Gasteiger partial charge in [0.1, 0.15) is 0 Å². The van der Waals surface area contributed by atoms with Gasteiger partial charge in [0.2, 0.25) is 0 Å². The molecule has 0 aromatic heterocycles. The molecule has 0 saturated heterocycles. The Hall–Kier alpha value is 0.970. The highest BCUT2D eigenvalue weighted by Gasteiger charge is 2.99. The number of hydrogen-bond donors (Lipinski definition) is 0. The Bertz CT molecular complexity index is 159. The van der Waals surface area contributed by atoms with Crippen LogP contribution < -0.4 is 0 Å². The van der Waals surface area contributed by atoms with Gasteiger partial charge in [-0.25, -0.2) is 4.39 Å². The molecule has 1 saturated carbocycles. The summed E-state index contributed by atoms with van der Waals surface area (Å²) in [5, 5.41) is 0. The molecule has 0 spiro atoms. The van der Waals surface area contributed by atoms with Crippen LogP contribution in [0.2, 0.25) is 0 Å². The number of halogens is 9. The molecule has 0 aliphatic heterocycles. The average Bonchev–Trinajstić information content (AvgIpc) is 1.84. The third-order valence-corrected chi connectivity index (χ3v) is 2.93. The molecule has 0 aromatic rings. The molecule has 1 fully saturated rings. The van der Waals surface area contributed by atoms with E-state index in [2.05, 4.69) is 0 Å². The molecule has 0 nitrogen and oxygen atoms in total. The van der Waals surface area contributed by atoms with Crippen LogP contribution in [0.4, 0.5) is 30.7 Å². The predicted octanol–water partition coefficient (Wildman–Crippen LogP) is 3.62. The standard InChI is InChI=1S/C4F7I.HI/c5-1(6)2(7,8)4(11,12)3(1,9)10;/h;1H. The van der Waals surface area contributed by atoms with E-state index in [1.807, 2.05) is 0 Å². The molecule has 80 valence electrons. The van der Waals surface area contributed by atoms with Crippen molar-refractivity contribution in [2.75, 3.05) is 0 Å². The summed E-state index contributed by atoms with van der Waals surface area (Å²) in [5.74, 6) is -16.2. The zero-order valence-electron chi connectivity index (χ0n) is 5.43. The summed E-state index contributed by atoms with van der Waals surface area (Å²) in [6, 6.07) is 0. The van der Waals surface area contributed by atoms with E-state index >= 15 is 0 Å². The fourth-order valence-corrected chi connectivity index (χ4v) is 1.40. The predicted molar refractivity (Wildman–Crippen MR) is 48.1 cm³/mol. The highest BCUT2D eigenvalue weighted by atomic mass is 127. The van der Waals surface area contributed by atoms with Crippen molar-refractivity contribution in [1.82, 2.24) is 0 Å². The smallest absolute Gasteiger partial charge is 0.218 e. The van der Waals surface area contributed by atoms with Crippen molar-refractivity contribution in [3.8, 4) is 0 Å². The van der Waals surface area contributed by atoms with Gasteiger partial charge in [-0.3, -0.25) is 0 Å². The van der Waals surface area contributed by atoms with Gasteiger partial charge in [-0.15, -0.1) is 24.0 Å². The molecule has 1 aliphatic carbocycles. The zero-order valence-corrected chi connectivity index (χ0v) is 9.92. The fraction of sp³-hybridized carbons (Fsp3) is 1.00. The van der Waals surface area contributed by atoms with Crippen LogP contribution in [0.5, 0.6) is 0 Å². The Morgan fingerprint density at radius 3 is 0.923 bits per heavy atom. The van der Waals surface area contributed by atoms with Crippen molar-refractivity contribution in [2.45, 2.75) is 21.4 Å². The highest BCUT2D eigenvalue weighted by Crippen LogP contribution is 2.71. The summed E-state index contributed by atoms with van der Waals surface area (Å²) in [7, 11) is 0. The van der Waals surface area contributed by atoms with Gasteiger partial charge < -0.3 is 0 Å². The van der Waals surface area contributed by atoms with Gasteiger partial charge in [-0.05, 0) is 22.6 Å². The van der Waals surface area contributed by atoms with Crippen LogP contribution in [0.1, 0.15) is 0 Å². The second-order valence-electron chi connectivity index (χ2n) is 2.30. The van der Waals surface area contributed by atoms with Gasteiger partial charge in [0.25, 0.3) is 3.68 Å². The summed E-state index contributed by atoms with van der Waals surface area (Å²) < 4.78 is 79.4. The monoisotopic (exact) mass is 436 g/mol. The van der Waals surface area contributed by atoms with Crippen molar-refractivity contribution in [1.29, 1.82) is 0 Å². The quantitative estimate of drug-likeness (QED) is 0.310. The van der Waals surface area contributed by atoms with E-state index in [0.717, 1.165) is 0 Å². The van der Waals surface area contributed by atoms with Gasteiger partial charge in [-0.1, -0.05) is 0 Å². The van der Waals surface area contributed by atoms with E-state index < -0.39 is 21.4 Å². The molecule has 0 aromatic carbocycles. The molecule has 0 unspecified atom stereocenters. The third-order valence-electron chi connectivity index (χ3n) is 1.58. The van der Waals surface area contributed by atoms with Crippen molar-refractivity contribution < 1.29 is 30.7 Å². The first-order valence-corrected chi connectivity index (χ1v) is 3.59. The second kappa shape index (κ2) is 2.98. The third kappa shape index (κ3) is 1.14. The lowest BCUT2D eigenvalue weighted by Crippen LogP contribution is -2.81. The van der Waals surface area contributed by atoms with Crippen LogP contribution in [0.15, 0.2) is 0 Å². The van der Waals surface area contributed by atoms with E-state index in [-0.39, 0.29) is 46.6 Å². The van der Waals surface area contributed by atoms with Crippen LogP contribution in [0.25, 0.3) is 0 Å². The first-order chi connectivity index (χ1) is 5.00. The minimum absolute atomic E-state index is 0. The molecular weight excluding hydrogens is 435 g/mol. The van der Waals surface area contributed by atoms with E-state index in [0.29, 0.717) is 0 Å². The van der Waals surface area contributed by atoms with Crippen LogP contribution in [-0.2, 0) is 0 Å². The summed E-state index contributed by atoms with van der Waals surface area (Å²) in [6.45, 7) is 0. The molecule has 0 N–H and O–H groups in total. The van der Waals surface area contributed by atoms with Gasteiger partial charge >= 0.3 is 17.8 Å². The Balaban J connectivity index is 0.00000144. The number of rotatable bonds is 0. The largest absolute Gasteiger partial charge is 0.380 e. The van der Waals surface area contributed by atoms with Crippen LogP contribution in [0, 0.1) is 0 Å². The van der Waals surface area contributed by atoms with E-state index in [1.165, 1.54) is 0 Å². The summed E-state index contributed by atoms with van der Waals surface area (Å²) in [6.07, 6.45) is 0. The first-order valence-electron chi connectivity index (χ1n) is 2.51. The lowest BCUT2D eigenvalue weighted by atomic mass is 9.82. The second-order valence-corrected chi connectivity index (χ2v) is 3.78. The number of alkyl halides is 8. The van der Waals surface area contributed by atoms with Crippen molar-refractivity contribution in [3.05, 3.63) is 0 Å². The molecule has 0 atom stereocenters. The van der Waals surface area contributed by atoms with Gasteiger partial charge in [-0.2, -0.15) is 26.3 Å². The number of hydrogen-bond acceptors (Lipinski definition) is 0. The molecule has 0 heterocycles. The molecule has 1 aliphatic rings.